The van der Waals surface area contributed by atoms with Crippen LogP contribution in [0.15, 0.2) is 11.1 Å². The zero-order valence-electron chi connectivity index (χ0n) is 6.96. The Labute approximate surface area is 69.8 Å². The SMILES string of the molecule is CC1=C(C(=O)O)C(C)OC(=O)C1. The first kappa shape index (κ1) is 8.77. The fourth-order valence-corrected chi connectivity index (χ4v) is 1.31. The Balaban J connectivity index is 3.01. The number of aliphatic carboxylic acids is 1. The molecule has 1 heterocycles. The summed E-state index contributed by atoms with van der Waals surface area (Å²) in [4.78, 5) is 21.4. The molecule has 1 N–H and O–H groups in total. The van der Waals surface area contributed by atoms with E-state index in [2.05, 4.69) is 0 Å². The molecule has 1 rings (SSSR count). The molecule has 66 valence electrons. The van der Waals surface area contributed by atoms with E-state index in [-0.39, 0.29) is 18.0 Å². The lowest BCUT2D eigenvalue weighted by molar-refractivity contribution is -0.149. The summed E-state index contributed by atoms with van der Waals surface area (Å²) in [6.45, 7) is 3.20. The van der Waals surface area contributed by atoms with Gasteiger partial charge in [-0.2, -0.15) is 0 Å². The molecular formula is C8H10O4. The number of ether oxygens (including phenoxy) is 1. The molecule has 0 bridgehead atoms. The highest BCUT2D eigenvalue weighted by Gasteiger charge is 2.27. The Morgan fingerprint density at radius 2 is 2.25 bits per heavy atom. The Bertz CT molecular complexity index is 264. The lowest BCUT2D eigenvalue weighted by atomic mass is 10.00. The fourth-order valence-electron chi connectivity index (χ4n) is 1.31. The molecule has 1 aliphatic heterocycles. The van der Waals surface area contributed by atoms with Crippen molar-refractivity contribution in [3.8, 4) is 0 Å². The molecule has 0 aromatic heterocycles. The van der Waals surface area contributed by atoms with Gasteiger partial charge in [0.2, 0.25) is 0 Å². The number of carboxylic acid groups (broad SMARTS) is 1. The van der Waals surface area contributed by atoms with E-state index in [0.717, 1.165) is 0 Å². The van der Waals surface area contributed by atoms with E-state index in [4.69, 9.17) is 9.84 Å². The molecule has 0 saturated heterocycles. The molecule has 0 aliphatic carbocycles. The van der Waals surface area contributed by atoms with Crippen LogP contribution in [0.4, 0.5) is 0 Å². The molecular weight excluding hydrogens is 160 g/mol. The molecule has 0 saturated carbocycles. The number of carboxylic acids is 1. The van der Waals surface area contributed by atoms with E-state index in [1.807, 2.05) is 0 Å². The summed E-state index contributed by atoms with van der Waals surface area (Å²) in [5.74, 6) is -1.36. The average molecular weight is 170 g/mol. The number of carbonyl (C=O) groups excluding carboxylic acids is 1. The van der Waals surface area contributed by atoms with Gasteiger partial charge in [0.1, 0.15) is 6.10 Å². The summed E-state index contributed by atoms with van der Waals surface area (Å²) in [5, 5.41) is 8.72. The van der Waals surface area contributed by atoms with Gasteiger partial charge in [-0.05, 0) is 19.4 Å². The van der Waals surface area contributed by atoms with Gasteiger partial charge in [-0.3, -0.25) is 4.79 Å². The molecule has 0 aromatic rings. The highest BCUT2D eigenvalue weighted by Crippen LogP contribution is 2.21. The predicted octanol–water partition coefficient (Wildman–Crippen LogP) is 0.723. The maximum atomic E-state index is 10.8. The molecule has 0 amide bonds. The molecule has 0 fully saturated rings. The van der Waals surface area contributed by atoms with Crippen molar-refractivity contribution >= 4 is 11.9 Å². The quantitative estimate of drug-likeness (QED) is 0.589. The van der Waals surface area contributed by atoms with Crippen LogP contribution in [0.1, 0.15) is 20.3 Å². The maximum Gasteiger partial charge on any atom is 0.335 e. The molecule has 0 radical (unpaired) electrons. The van der Waals surface area contributed by atoms with Crippen LogP contribution in [0.5, 0.6) is 0 Å². The van der Waals surface area contributed by atoms with Crippen molar-refractivity contribution in [2.45, 2.75) is 26.4 Å². The van der Waals surface area contributed by atoms with Gasteiger partial charge >= 0.3 is 11.9 Å². The monoisotopic (exact) mass is 170 g/mol. The second kappa shape index (κ2) is 2.97. The predicted molar refractivity (Wildman–Crippen MR) is 40.5 cm³/mol. The molecule has 4 nitrogen and oxygen atoms in total. The van der Waals surface area contributed by atoms with Crippen LogP contribution in [0.3, 0.4) is 0 Å². The van der Waals surface area contributed by atoms with Crippen molar-refractivity contribution in [3.63, 3.8) is 0 Å². The van der Waals surface area contributed by atoms with Crippen LogP contribution >= 0.6 is 0 Å². The van der Waals surface area contributed by atoms with Gasteiger partial charge in [0.15, 0.2) is 0 Å². The van der Waals surface area contributed by atoms with Gasteiger partial charge in [0, 0.05) is 0 Å². The second-order valence-electron chi connectivity index (χ2n) is 2.81. The minimum absolute atomic E-state index is 0.0893. The first-order valence-corrected chi connectivity index (χ1v) is 3.64. The minimum atomic E-state index is -1.01. The fraction of sp³-hybridized carbons (Fsp3) is 0.500. The Hall–Kier alpha value is -1.32. The van der Waals surface area contributed by atoms with Crippen LogP contribution in [0.2, 0.25) is 0 Å². The number of carbonyl (C=O) groups is 2. The number of esters is 1. The van der Waals surface area contributed by atoms with Crippen LogP contribution in [0.25, 0.3) is 0 Å². The molecule has 4 heteroatoms. The summed E-state index contributed by atoms with van der Waals surface area (Å²) in [6, 6.07) is 0. The highest BCUT2D eigenvalue weighted by molar-refractivity contribution is 5.92. The topological polar surface area (TPSA) is 63.6 Å². The summed E-state index contributed by atoms with van der Waals surface area (Å²) in [6.07, 6.45) is -0.532. The summed E-state index contributed by atoms with van der Waals surface area (Å²) < 4.78 is 4.75. The zero-order valence-corrected chi connectivity index (χ0v) is 6.96. The van der Waals surface area contributed by atoms with Crippen molar-refractivity contribution in [2.24, 2.45) is 0 Å². The third kappa shape index (κ3) is 1.47. The Morgan fingerprint density at radius 3 is 2.67 bits per heavy atom. The van der Waals surface area contributed by atoms with E-state index in [0.29, 0.717) is 5.57 Å². The van der Waals surface area contributed by atoms with Crippen LogP contribution in [-0.4, -0.2) is 23.1 Å². The molecule has 0 spiro atoms. The maximum absolute atomic E-state index is 10.8. The van der Waals surface area contributed by atoms with E-state index in [9.17, 15) is 9.59 Å². The summed E-state index contributed by atoms with van der Waals surface area (Å²) in [5.41, 5.74) is 0.792. The largest absolute Gasteiger partial charge is 0.478 e. The normalized spacial score (nSPS) is 23.8. The van der Waals surface area contributed by atoms with Gasteiger partial charge in [0.25, 0.3) is 0 Å². The van der Waals surface area contributed by atoms with Crippen molar-refractivity contribution < 1.29 is 19.4 Å². The van der Waals surface area contributed by atoms with Crippen molar-refractivity contribution in [1.82, 2.24) is 0 Å². The van der Waals surface area contributed by atoms with Crippen LogP contribution in [0, 0.1) is 0 Å². The highest BCUT2D eigenvalue weighted by atomic mass is 16.5. The lowest BCUT2D eigenvalue weighted by Crippen LogP contribution is -2.28. The van der Waals surface area contributed by atoms with Crippen LogP contribution in [-0.2, 0) is 14.3 Å². The lowest BCUT2D eigenvalue weighted by Gasteiger charge is -2.21. The smallest absolute Gasteiger partial charge is 0.335 e. The van der Waals surface area contributed by atoms with E-state index >= 15 is 0 Å². The minimum Gasteiger partial charge on any atom is -0.478 e. The third-order valence-electron chi connectivity index (χ3n) is 1.81. The van der Waals surface area contributed by atoms with Gasteiger partial charge < -0.3 is 9.84 Å². The zero-order chi connectivity index (χ0) is 9.30. The molecule has 1 unspecified atom stereocenters. The van der Waals surface area contributed by atoms with E-state index < -0.39 is 12.1 Å². The average Bonchev–Trinajstić information content (AvgIpc) is 1.82. The third-order valence-corrected chi connectivity index (χ3v) is 1.81. The van der Waals surface area contributed by atoms with E-state index in [1.165, 1.54) is 0 Å². The molecule has 12 heavy (non-hydrogen) atoms. The van der Waals surface area contributed by atoms with Crippen molar-refractivity contribution in [2.75, 3.05) is 0 Å². The molecule has 1 atom stereocenters. The summed E-state index contributed by atoms with van der Waals surface area (Å²) in [7, 11) is 0. The van der Waals surface area contributed by atoms with E-state index in [1.54, 1.807) is 13.8 Å². The number of hydrogen-bond donors (Lipinski definition) is 1. The van der Waals surface area contributed by atoms with Crippen molar-refractivity contribution in [1.29, 1.82) is 0 Å². The van der Waals surface area contributed by atoms with Gasteiger partial charge in [-0.1, -0.05) is 0 Å². The van der Waals surface area contributed by atoms with Crippen LogP contribution < -0.4 is 0 Å². The number of hydrogen-bond acceptors (Lipinski definition) is 3. The van der Waals surface area contributed by atoms with Gasteiger partial charge in [0.05, 0.1) is 12.0 Å². The first-order valence-electron chi connectivity index (χ1n) is 3.64. The Kier molecular flexibility index (Phi) is 2.17. The molecule has 1 aliphatic rings. The molecule has 0 aromatic carbocycles. The number of cyclic esters (lactones) is 1. The second-order valence-corrected chi connectivity index (χ2v) is 2.81. The number of rotatable bonds is 1. The standard InChI is InChI=1S/C8H10O4/c1-4-3-6(9)12-5(2)7(4)8(10)11/h5H,3H2,1-2H3,(H,10,11). The summed E-state index contributed by atoms with van der Waals surface area (Å²) >= 11 is 0. The van der Waals surface area contributed by atoms with Gasteiger partial charge in [-0.15, -0.1) is 0 Å². The van der Waals surface area contributed by atoms with Crippen molar-refractivity contribution in [3.05, 3.63) is 11.1 Å². The first-order chi connectivity index (χ1) is 5.52. The van der Waals surface area contributed by atoms with Gasteiger partial charge in [-0.25, -0.2) is 4.79 Å². The Morgan fingerprint density at radius 1 is 1.67 bits per heavy atom.